The van der Waals surface area contributed by atoms with Crippen molar-refractivity contribution in [2.24, 2.45) is 0 Å². The van der Waals surface area contributed by atoms with Crippen LogP contribution >= 0.6 is 7.93 Å². The Morgan fingerprint density at radius 1 is 1.17 bits per heavy atom. The quantitative estimate of drug-likeness (QED) is 0.345. The maximum atomic E-state index is 3.17. The summed E-state index contributed by atoms with van der Waals surface area (Å²) in [6.45, 7) is 0. The van der Waals surface area contributed by atoms with E-state index in [2.05, 4.69) is 23.5 Å². The first-order valence-electron chi connectivity index (χ1n) is 0.204. The largest absolute Gasteiger partial charge is 0 e. The summed E-state index contributed by atoms with van der Waals surface area (Å²) < 4.78 is 0. The van der Waals surface area contributed by atoms with E-state index in [1.807, 2.05) is 0 Å². The Morgan fingerprint density at radius 2 is 1.17 bits per heavy atom. The maximum Gasteiger partial charge on any atom is 0 e. The first-order valence-corrected chi connectivity index (χ1v) is 2.52. The number of hydrogen-bond donors (Lipinski definition) is 0. The molecule has 0 spiro atoms. The molecule has 0 heterocycles. The van der Waals surface area contributed by atoms with Crippen molar-refractivity contribution < 1.29 is 35.0 Å². The zero-order chi connectivity index (χ0) is 2.00. The number of rotatable bonds is 0. The molecule has 6 heavy (non-hydrogen) atoms. The summed E-state index contributed by atoms with van der Waals surface area (Å²) in [4.78, 5) is 0. The van der Waals surface area contributed by atoms with Gasteiger partial charge in [0.1, 0.15) is 0 Å². The minimum atomic E-state index is 0. The van der Waals surface area contributed by atoms with Crippen LogP contribution in [0.4, 0.5) is 0 Å². The first-order chi connectivity index (χ1) is 1.00. The van der Waals surface area contributed by atoms with E-state index in [4.69, 9.17) is 0 Å². The second-order valence-corrected chi connectivity index (χ2v) is 0. The molecule has 6 heteroatoms. The standard InChI is InChI=1S/Ca.Fe.K.Mg.H2P.Zn.5H/h;;;;1H2;;;;;;/q;+1;;;-1;;;;;;. The molecule has 0 amide bonds. The Hall–Kier alpha value is 5.24. The van der Waals surface area contributed by atoms with Gasteiger partial charge in [0.15, 0.2) is 0 Å². The van der Waals surface area contributed by atoms with E-state index in [-0.39, 0.29) is 132 Å². The van der Waals surface area contributed by atoms with Crippen LogP contribution in [-0.2, 0) is 35.0 Å². The molecule has 0 aliphatic heterocycles. The van der Waals surface area contributed by atoms with Crippen molar-refractivity contribution in [2.75, 3.05) is 0 Å². The molecule has 0 aliphatic rings. The molecule has 0 saturated heterocycles. The van der Waals surface area contributed by atoms with Gasteiger partial charge in [0, 0.05) is 19.5 Å². The molecule has 27 valence electrons. The van der Waals surface area contributed by atoms with Gasteiger partial charge in [-0.2, -0.15) is 0 Å². The maximum absolute atomic E-state index is 3.17. The molecule has 0 nitrogen and oxygen atoms in total. The van der Waals surface area contributed by atoms with Crippen LogP contribution in [0.3, 0.4) is 0 Å². The average Bonchev–Trinajstić information content (AvgIpc) is 1.00. The molecule has 0 aromatic heterocycles. The SMILES string of the molecule is [CaH2].[KH].[MgH2].[PH2][Fe].[Zn]. The summed E-state index contributed by atoms with van der Waals surface area (Å²) in [5.41, 5.74) is 0. The molecule has 0 aromatic rings. The second-order valence-electron chi connectivity index (χ2n) is 0. The summed E-state index contributed by atoms with van der Waals surface area (Å²) in [6, 6.07) is 0. The summed E-state index contributed by atoms with van der Waals surface area (Å²) in [6.07, 6.45) is 0. The third-order valence-corrected chi connectivity index (χ3v) is 0. The third kappa shape index (κ3) is 22.9. The van der Waals surface area contributed by atoms with Gasteiger partial charge in [-0.3, -0.25) is 0 Å². The van der Waals surface area contributed by atoms with Crippen LogP contribution in [0.1, 0.15) is 0 Å². The van der Waals surface area contributed by atoms with Crippen LogP contribution < -0.4 is 0 Å². The second kappa shape index (κ2) is 31.9. The van der Waals surface area contributed by atoms with Crippen molar-refractivity contribution in [3.05, 3.63) is 0 Å². The Labute approximate surface area is 150 Å². The van der Waals surface area contributed by atoms with Gasteiger partial charge < -0.3 is 0 Å². The fourth-order valence-electron chi connectivity index (χ4n) is 0. The van der Waals surface area contributed by atoms with Crippen LogP contribution in [-0.4, -0.2) is 112 Å². The van der Waals surface area contributed by atoms with Crippen molar-refractivity contribution in [1.82, 2.24) is 0 Å². The Kier molecular flexibility index (Phi) is 161. The van der Waals surface area contributed by atoms with Crippen LogP contribution in [0.25, 0.3) is 0 Å². The summed E-state index contributed by atoms with van der Waals surface area (Å²) in [5.74, 6) is 0. The smallest absolute Gasteiger partial charge is 0 e. The summed E-state index contributed by atoms with van der Waals surface area (Å²) >= 11 is 3.17. The molecule has 1 unspecified atom stereocenters. The topological polar surface area (TPSA) is 0 Å². The van der Waals surface area contributed by atoms with Crippen molar-refractivity contribution >= 4 is 120 Å². The molecule has 0 fully saturated rings. The van der Waals surface area contributed by atoms with Gasteiger partial charge in [-0.1, -0.05) is 0 Å². The summed E-state index contributed by atoms with van der Waals surface area (Å²) in [5, 5.41) is 0. The molecule has 0 saturated carbocycles. The average molecular weight is 263 g/mol. The minimum absolute atomic E-state index is 0. The predicted molar refractivity (Wildman–Crippen MR) is 33.9 cm³/mol. The Bertz CT molecular complexity index is 15.5. The zero-order valence-corrected chi connectivity index (χ0v) is 6.86. The van der Waals surface area contributed by atoms with Gasteiger partial charge in [0.25, 0.3) is 0 Å². The fourth-order valence-corrected chi connectivity index (χ4v) is 0. The molecular weight excluding hydrogens is 256 g/mol. The fraction of sp³-hybridized carbons (Fsp3) is 0. The van der Waals surface area contributed by atoms with E-state index in [0.29, 0.717) is 0 Å². The number of hydrogen-bond acceptors (Lipinski definition) is 0. The van der Waals surface area contributed by atoms with Crippen LogP contribution in [0.5, 0.6) is 0 Å². The molecule has 1 atom stereocenters. The Morgan fingerprint density at radius 3 is 1.17 bits per heavy atom. The van der Waals surface area contributed by atoms with Gasteiger partial charge in [-0.15, -0.1) is 0 Å². The van der Waals surface area contributed by atoms with Crippen molar-refractivity contribution in [3.8, 4) is 0 Å². The molecule has 0 aromatic carbocycles. The van der Waals surface area contributed by atoms with Gasteiger partial charge in [0.2, 0.25) is 0 Å². The molecule has 0 radical (unpaired) electrons. The van der Waals surface area contributed by atoms with Crippen molar-refractivity contribution in [1.29, 1.82) is 0 Å². The third-order valence-electron chi connectivity index (χ3n) is 0. The predicted octanol–water partition coefficient (Wildman–Crippen LogP) is -2.16. The van der Waals surface area contributed by atoms with Gasteiger partial charge in [-0.05, 0) is 0 Å². The van der Waals surface area contributed by atoms with E-state index >= 15 is 0 Å². The zero-order valence-electron chi connectivity index (χ0n) is 1.64. The first kappa shape index (κ1) is 30.3. The normalized spacial score (nSPS) is 1.00. The molecule has 0 bridgehead atoms. The van der Waals surface area contributed by atoms with E-state index in [9.17, 15) is 0 Å². The van der Waals surface area contributed by atoms with Gasteiger partial charge >= 0.3 is 136 Å². The molecule has 0 N–H and O–H groups in total. The van der Waals surface area contributed by atoms with E-state index < -0.39 is 0 Å². The van der Waals surface area contributed by atoms with E-state index in [1.54, 1.807) is 0 Å². The van der Waals surface area contributed by atoms with E-state index in [0.717, 1.165) is 0 Å². The van der Waals surface area contributed by atoms with Gasteiger partial charge in [0.05, 0.1) is 0 Å². The monoisotopic (exact) mass is 261 g/mol. The molecule has 0 rings (SSSR count). The van der Waals surface area contributed by atoms with Crippen molar-refractivity contribution in [3.63, 3.8) is 0 Å². The van der Waals surface area contributed by atoms with Crippen LogP contribution in [0, 0.1) is 0 Å². The van der Waals surface area contributed by atoms with Gasteiger partial charge in [-0.25, -0.2) is 0 Å². The minimum Gasteiger partial charge on any atom is 0 e. The summed E-state index contributed by atoms with van der Waals surface area (Å²) in [7, 11) is 2.17. The van der Waals surface area contributed by atoms with Crippen molar-refractivity contribution in [2.45, 2.75) is 0 Å². The van der Waals surface area contributed by atoms with Crippen LogP contribution in [0.15, 0.2) is 0 Å². The van der Waals surface area contributed by atoms with E-state index in [1.165, 1.54) is 0 Å². The molecule has 0 aliphatic carbocycles. The van der Waals surface area contributed by atoms with Crippen LogP contribution in [0.2, 0.25) is 0 Å². The Balaban J connectivity index is -0.000000000833. The molecular formula is H7CaFeKMgPZn.